The van der Waals surface area contributed by atoms with Crippen LogP contribution in [0.2, 0.25) is 0 Å². The molecule has 2 aliphatic rings. The van der Waals surface area contributed by atoms with E-state index in [-0.39, 0.29) is 17.3 Å². The Balaban J connectivity index is 1.75. The summed E-state index contributed by atoms with van der Waals surface area (Å²) in [6.45, 7) is 6.17. The number of allylic oxidation sites excluding steroid dienone is 2. The fourth-order valence-electron chi connectivity index (χ4n) is 6.36. The van der Waals surface area contributed by atoms with Gasteiger partial charge in [-0.3, -0.25) is 0 Å². The third-order valence-electron chi connectivity index (χ3n) is 7.98. The molecule has 1 aromatic heterocycles. The minimum atomic E-state index is -0.332. The first-order chi connectivity index (χ1) is 17.0. The summed E-state index contributed by atoms with van der Waals surface area (Å²) >= 11 is 0. The Morgan fingerprint density at radius 1 is 1.17 bits per heavy atom. The molecule has 0 aliphatic carbocycles. The van der Waals surface area contributed by atoms with Crippen molar-refractivity contribution in [3.05, 3.63) is 83.7 Å². The molecule has 5 nitrogen and oxygen atoms in total. The number of carbonyl (C=O) groups excluding carboxylic acids is 1. The Morgan fingerprint density at radius 3 is 2.71 bits per heavy atom. The van der Waals surface area contributed by atoms with Crippen LogP contribution in [0.5, 0.6) is 5.75 Å². The second kappa shape index (κ2) is 9.29. The highest BCUT2D eigenvalue weighted by Gasteiger charge is 2.45. The van der Waals surface area contributed by atoms with Crippen LogP contribution in [0.25, 0.3) is 16.6 Å². The van der Waals surface area contributed by atoms with Crippen LogP contribution in [0, 0.1) is 5.41 Å². The lowest BCUT2D eigenvalue weighted by molar-refractivity contribution is -0.134. The highest BCUT2D eigenvalue weighted by atomic mass is 16.5. The van der Waals surface area contributed by atoms with Gasteiger partial charge >= 0.3 is 5.97 Å². The summed E-state index contributed by atoms with van der Waals surface area (Å²) in [4.78, 5) is 14.0. The number of aromatic hydroxyl groups is 1. The number of phenols is 1. The van der Waals surface area contributed by atoms with Gasteiger partial charge in [0, 0.05) is 59.0 Å². The number of nitrogens with zero attached hydrogens (tertiary/aromatic N) is 2. The van der Waals surface area contributed by atoms with Crippen molar-refractivity contribution in [2.75, 3.05) is 20.2 Å². The zero-order chi connectivity index (χ0) is 24.6. The van der Waals surface area contributed by atoms with Crippen LogP contribution in [0.4, 0.5) is 0 Å². The average molecular weight is 471 g/mol. The van der Waals surface area contributed by atoms with E-state index in [1.807, 2.05) is 24.4 Å². The van der Waals surface area contributed by atoms with E-state index in [2.05, 4.69) is 59.7 Å². The number of rotatable bonds is 4. The van der Waals surface area contributed by atoms with Crippen LogP contribution in [0.3, 0.4) is 0 Å². The molecule has 3 aromatic rings. The van der Waals surface area contributed by atoms with Gasteiger partial charge in [0.05, 0.1) is 12.6 Å². The number of ether oxygens (including phenoxy) is 1. The summed E-state index contributed by atoms with van der Waals surface area (Å²) in [5, 5.41) is 12.3. The number of fused-ring (bicyclic) bond motifs is 4. The van der Waals surface area contributed by atoms with Crippen LogP contribution < -0.4 is 0 Å². The second-order valence-corrected chi connectivity index (χ2v) is 9.81. The van der Waals surface area contributed by atoms with Gasteiger partial charge in [0.2, 0.25) is 0 Å². The first-order valence-corrected chi connectivity index (χ1v) is 12.6. The van der Waals surface area contributed by atoms with Crippen molar-refractivity contribution in [3.8, 4) is 5.75 Å². The molecule has 182 valence electrons. The predicted octanol–water partition coefficient (Wildman–Crippen LogP) is 6.07. The Bertz CT molecular complexity index is 1320. The standard InChI is InChI=1S/C30H34N2O3/c1-4-30-16-9-17-31(19-15-27(34)35-3)18-14-23-22-10-5-7-12-25(22)32(21(2)20-30)29(23)28(30)24-11-6-8-13-26(24)33/h5-8,10-13,15,19-20,28,33H,4,9,14,16-18H2,1-3H3/b19-15+. The molecule has 2 unspecified atom stereocenters. The van der Waals surface area contributed by atoms with Gasteiger partial charge in [0.15, 0.2) is 0 Å². The molecule has 1 N–H and O–H groups in total. The van der Waals surface area contributed by atoms with E-state index in [1.54, 1.807) is 0 Å². The maximum Gasteiger partial charge on any atom is 0.331 e. The number of esters is 1. The van der Waals surface area contributed by atoms with E-state index in [4.69, 9.17) is 4.74 Å². The number of carbonyl (C=O) groups is 1. The molecular weight excluding hydrogens is 436 g/mol. The topological polar surface area (TPSA) is 54.7 Å². The van der Waals surface area contributed by atoms with Gasteiger partial charge in [-0.25, -0.2) is 4.79 Å². The summed E-state index contributed by atoms with van der Waals surface area (Å²) in [6, 6.07) is 16.5. The van der Waals surface area contributed by atoms with Crippen molar-refractivity contribution in [2.24, 2.45) is 5.41 Å². The molecule has 35 heavy (non-hydrogen) atoms. The molecule has 2 aliphatic heterocycles. The Morgan fingerprint density at radius 2 is 1.94 bits per heavy atom. The minimum absolute atomic E-state index is 0.0666. The lowest BCUT2D eigenvalue weighted by Crippen LogP contribution is -2.36. The second-order valence-electron chi connectivity index (χ2n) is 9.81. The van der Waals surface area contributed by atoms with Gasteiger partial charge in [-0.05, 0) is 50.3 Å². The van der Waals surface area contributed by atoms with E-state index in [0.717, 1.165) is 44.3 Å². The third kappa shape index (κ3) is 3.93. The highest BCUT2D eigenvalue weighted by molar-refractivity contribution is 5.90. The average Bonchev–Trinajstić information content (AvgIpc) is 3.20. The lowest BCUT2D eigenvalue weighted by Gasteiger charge is -2.44. The van der Waals surface area contributed by atoms with E-state index in [0.29, 0.717) is 5.75 Å². The summed E-state index contributed by atoms with van der Waals surface area (Å²) in [5.41, 5.74) is 6.00. The molecule has 5 rings (SSSR count). The molecule has 2 bridgehead atoms. The minimum Gasteiger partial charge on any atom is -0.508 e. The van der Waals surface area contributed by atoms with Crippen molar-refractivity contribution in [1.29, 1.82) is 0 Å². The van der Waals surface area contributed by atoms with E-state index in [1.165, 1.54) is 41.0 Å². The maximum atomic E-state index is 11.8. The van der Waals surface area contributed by atoms with Gasteiger partial charge in [-0.2, -0.15) is 0 Å². The van der Waals surface area contributed by atoms with Gasteiger partial charge in [-0.15, -0.1) is 0 Å². The number of para-hydroxylation sites is 2. The summed E-state index contributed by atoms with van der Waals surface area (Å²) < 4.78 is 7.24. The van der Waals surface area contributed by atoms with Crippen molar-refractivity contribution in [1.82, 2.24) is 9.47 Å². The molecule has 0 saturated carbocycles. The number of phenolic OH excluding ortho intramolecular Hbond substituents is 1. The zero-order valence-corrected chi connectivity index (χ0v) is 20.8. The number of hydrogen-bond acceptors (Lipinski definition) is 4. The largest absolute Gasteiger partial charge is 0.508 e. The predicted molar refractivity (Wildman–Crippen MR) is 140 cm³/mol. The molecule has 5 heteroatoms. The fraction of sp³-hybridized carbons (Fsp3) is 0.367. The number of methoxy groups -OCH3 is 1. The lowest BCUT2D eigenvalue weighted by atomic mass is 9.63. The molecule has 0 saturated heterocycles. The van der Waals surface area contributed by atoms with Crippen molar-refractivity contribution >= 4 is 22.6 Å². The SMILES string of the molecule is CCC12C=C(C)n3c(c(c4ccccc43)CCN(/C=C/C(=O)OC)CCC1)C2c1ccccc1O. The Kier molecular flexibility index (Phi) is 6.18. The maximum absolute atomic E-state index is 11.8. The van der Waals surface area contributed by atoms with Crippen molar-refractivity contribution < 1.29 is 14.6 Å². The monoisotopic (exact) mass is 470 g/mol. The van der Waals surface area contributed by atoms with Gasteiger partial charge in [0.1, 0.15) is 5.75 Å². The Labute approximate surface area is 207 Å². The quantitative estimate of drug-likeness (QED) is 0.371. The first-order valence-electron chi connectivity index (χ1n) is 12.6. The zero-order valence-electron chi connectivity index (χ0n) is 20.8. The van der Waals surface area contributed by atoms with Crippen LogP contribution in [0.1, 0.15) is 55.8 Å². The van der Waals surface area contributed by atoms with Crippen molar-refractivity contribution in [3.63, 3.8) is 0 Å². The highest BCUT2D eigenvalue weighted by Crippen LogP contribution is 2.56. The summed E-state index contributed by atoms with van der Waals surface area (Å²) in [5.74, 6) is 0.101. The molecule has 0 spiro atoms. The first kappa shape index (κ1) is 23.3. The van der Waals surface area contributed by atoms with Crippen LogP contribution in [-0.2, 0) is 16.0 Å². The third-order valence-corrected chi connectivity index (χ3v) is 7.98. The smallest absolute Gasteiger partial charge is 0.331 e. The van der Waals surface area contributed by atoms with E-state index in [9.17, 15) is 9.90 Å². The molecule has 0 fully saturated rings. The number of hydrogen-bond donors (Lipinski definition) is 1. The van der Waals surface area contributed by atoms with E-state index >= 15 is 0 Å². The van der Waals surface area contributed by atoms with Gasteiger partial charge in [-0.1, -0.05) is 49.4 Å². The number of aromatic nitrogens is 1. The molecule has 2 atom stereocenters. The van der Waals surface area contributed by atoms with Gasteiger partial charge < -0.3 is 19.3 Å². The molecule has 0 radical (unpaired) electrons. The fourth-order valence-corrected chi connectivity index (χ4v) is 6.36. The van der Waals surface area contributed by atoms with Crippen molar-refractivity contribution in [2.45, 2.75) is 45.4 Å². The molecular formula is C30H34N2O3. The molecule has 0 amide bonds. The summed E-state index contributed by atoms with van der Waals surface area (Å²) in [6.07, 6.45) is 9.67. The summed E-state index contributed by atoms with van der Waals surface area (Å²) in [7, 11) is 1.41. The molecule has 2 aromatic carbocycles. The molecule has 3 heterocycles. The van der Waals surface area contributed by atoms with E-state index < -0.39 is 0 Å². The normalized spacial score (nSPS) is 22.3. The van der Waals surface area contributed by atoms with Crippen LogP contribution >= 0.6 is 0 Å². The number of benzene rings is 2. The van der Waals surface area contributed by atoms with Crippen LogP contribution in [0.15, 0.2) is 66.9 Å². The van der Waals surface area contributed by atoms with Crippen LogP contribution in [-0.4, -0.2) is 40.7 Å². The van der Waals surface area contributed by atoms with Gasteiger partial charge in [0.25, 0.3) is 0 Å². The Hall–Kier alpha value is -3.47.